The molecule has 6 aromatic rings. The van der Waals surface area contributed by atoms with Crippen molar-refractivity contribution in [2.24, 2.45) is 0 Å². The fraction of sp³-hybridized carbons (Fsp3) is 0.133. The van der Waals surface area contributed by atoms with E-state index in [1.165, 1.54) is 9.75 Å². The number of hydrogen-bond donors (Lipinski definition) is 2. The highest BCUT2D eigenvalue weighted by Crippen LogP contribution is 2.24. The van der Waals surface area contributed by atoms with Crippen LogP contribution in [-0.4, -0.2) is 10.3 Å². The smallest absolute Gasteiger partial charge is 0.163 e. The van der Waals surface area contributed by atoms with E-state index in [9.17, 15) is 0 Å². The molecule has 0 saturated heterocycles. The van der Waals surface area contributed by atoms with Gasteiger partial charge in [-0.05, 0) is 47.2 Å². The lowest BCUT2D eigenvalue weighted by atomic mass is 10.1. The number of nitrogens with zero attached hydrogens (tertiary/aromatic N) is 2. The van der Waals surface area contributed by atoms with Gasteiger partial charge in [0.1, 0.15) is 24.6 Å². The fourth-order valence-electron chi connectivity index (χ4n) is 4.01. The first-order chi connectivity index (χ1) is 19.3. The Bertz CT molecular complexity index is 1450. The number of hydrogen-bond acceptors (Lipinski definition) is 9. The zero-order valence-corrected chi connectivity index (χ0v) is 22.6. The van der Waals surface area contributed by atoms with E-state index in [1.54, 1.807) is 22.7 Å². The molecule has 0 radical (unpaired) electrons. The van der Waals surface area contributed by atoms with Crippen molar-refractivity contribution in [3.8, 4) is 22.5 Å². The second-order valence-electron chi connectivity index (χ2n) is 8.87. The van der Waals surface area contributed by atoms with Crippen LogP contribution in [0.1, 0.15) is 21.3 Å². The van der Waals surface area contributed by atoms with Gasteiger partial charge < -0.3 is 24.4 Å². The van der Waals surface area contributed by atoms with Crippen molar-refractivity contribution in [3.63, 3.8) is 0 Å². The molecule has 0 spiro atoms. The summed E-state index contributed by atoms with van der Waals surface area (Å²) in [5.41, 5.74) is 5.64. The molecule has 0 unspecified atom stereocenters. The molecule has 0 aliphatic heterocycles. The third-order valence-corrected chi connectivity index (χ3v) is 7.81. The van der Waals surface area contributed by atoms with Gasteiger partial charge in [-0.15, -0.1) is 22.7 Å². The maximum absolute atomic E-state index is 5.79. The minimum atomic E-state index is 0.286. The summed E-state index contributed by atoms with van der Waals surface area (Å²) in [6.45, 7) is 2.20. The standard InChI is InChI=1S/C30H26N4O3S2/c1-3-27(38-13-1)17-31-23-9-5-21(6-10-23)29-15-25(36-33-29)19-35-20-26-16-30(34-37-26)22-7-11-24(12-8-22)32-18-28-4-2-14-39-28/h1-16,31-32H,17-20H2. The largest absolute Gasteiger partial charge is 0.380 e. The van der Waals surface area contributed by atoms with Crippen molar-refractivity contribution in [1.82, 2.24) is 10.3 Å². The molecule has 2 N–H and O–H groups in total. The second kappa shape index (κ2) is 12.1. The highest BCUT2D eigenvalue weighted by Gasteiger charge is 2.10. The van der Waals surface area contributed by atoms with Gasteiger partial charge in [0.2, 0.25) is 0 Å². The van der Waals surface area contributed by atoms with E-state index >= 15 is 0 Å². The molecule has 39 heavy (non-hydrogen) atoms. The molecule has 4 aromatic heterocycles. The Balaban J connectivity index is 0.970. The fourth-order valence-corrected chi connectivity index (χ4v) is 5.30. The summed E-state index contributed by atoms with van der Waals surface area (Å²) in [7, 11) is 0. The van der Waals surface area contributed by atoms with Crippen LogP contribution < -0.4 is 10.6 Å². The number of ether oxygens (including phenoxy) is 1. The molecule has 9 heteroatoms. The van der Waals surface area contributed by atoms with Crippen LogP contribution in [0.4, 0.5) is 11.4 Å². The SMILES string of the molecule is c1csc(CNc2ccc(-c3cc(COCc4cc(-c5ccc(NCc6cccs6)cc5)no4)on3)cc2)c1. The Hall–Kier alpha value is -4.18. The van der Waals surface area contributed by atoms with E-state index in [0.29, 0.717) is 11.5 Å². The summed E-state index contributed by atoms with van der Waals surface area (Å²) < 4.78 is 16.7. The molecule has 4 heterocycles. The first kappa shape index (κ1) is 25.1. The lowest BCUT2D eigenvalue weighted by molar-refractivity contribution is 0.0727. The summed E-state index contributed by atoms with van der Waals surface area (Å²) in [6, 6.07) is 28.5. The quantitative estimate of drug-likeness (QED) is 0.158. The van der Waals surface area contributed by atoms with Crippen molar-refractivity contribution in [1.29, 1.82) is 0 Å². The number of benzene rings is 2. The van der Waals surface area contributed by atoms with Crippen LogP contribution in [0.25, 0.3) is 22.5 Å². The molecule has 0 saturated carbocycles. The molecular formula is C30H26N4O3S2. The zero-order valence-electron chi connectivity index (χ0n) is 21.0. The minimum absolute atomic E-state index is 0.286. The van der Waals surface area contributed by atoms with Gasteiger partial charge in [0.25, 0.3) is 0 Å². The number of anilines is 2. The molecule has 0 aliphatic carbocycles. The van der Waals surface area contributed by atoms with Crippen molar-refractivity contribution < 1.29 is 13.8 Å². The average Bonchev–Trinajstić information content (AvgIpc) is 3.80. The molecule has 7 nitrogen and oxygen atoms in total. The molecule has 0 fully saturated rings. The normalized spacial score (nSPS) is 11.1. The third-order valence-electron chi connectivity index (χ3n) is 6.06. The number of rotatable bonds is 12. The Morgan fingerprint density at radius 2 is 1.08 bits per heavy atom. The Morgan fingerprint density at radius 1 is 0.615 bits per heavy atom. The molecule has 0 amide bonds. The Labute approximate surface area is 234 Å². The van der Waals surface area contributed by atoms with Gasteiger partial charge in [0.15, 0.2) is 11.5 Å². The predicted octanol–water partition coefficient (Wildman–Crippen LogP) is 8.06. The van der Waals surface area contributed by atoms with Gasteiger partial charge >= 0.3 is 0 Å². The highest BCUT2D eigenvalue weighted by atomic mass is 32.1. The Kier molecular flexibility index (Phi) is 7.81. The van der Waals surface area contributed by atoms with Gasteiger partial charge in [-0.3, -0.25) is 0 Å². The average molecular weight is 555 g/mol. The first-order valence-corrected chi connectivity index (χ1v) is 14.3. The topological polar surface area (TPSA) is 85.4 Å². The van der Waals surface area contributed by atoms with E-state index in [4.69, 9.17) is 13.8 Å². The molecule has 0 atom stereocenters. The van der Waals surface area contributed by atoms with E-state index in [0.717, 1.165) is 47.0 Å². The summed E-state index contributed by atoms with van der Waals surface area (Å²) in [5.74, 6) is 1.30. The summed E-state index contributed by atoms with van der Waals surface area (Å²) >= 11 is 3.49. The summed E-state index contributed by atoms with van der Waals surface area (Å²) in [5, 5.41) is 19.4. The maximum Gasteiger partial charge on any atom is 0.163 e. The van der Waals surface area contributed by atoms with E-state index in [2.05, 4.69) is 56.0 Å². The van der Waals surface area contributed by atoms with Gasteiger partial charge in [0.05, 0.1) is 0 Å². The molecule has 2 aromatic carbocycles. The van der Waals surface area contributed by atoms with Crippen LogP contribution >= 0.6 is 22.7 Å². The number of nitrogens with one attached hydrogen (secondary N) is 2. The zero-order chi connectivity index (χ0) is 26.3. The first-order valence-electron chi connectivity index (χ1n) is 12.5. The van der Waals surface area contributed by atoms with Crippen molar-refractivity contribution >= 4 is 34.0 Å². The van der Waals surface area contributed by atoms with Crippen molar-refractivity contribution in [2.75, 3.05) is 10.6 Å². The lowest BCUT2D eigenvalue weighted by Gasteiger charge is -2.05. The third kappa shape index (κ3) is 6.64. The van der Waals surface area contributed by atoms with Gasteiger partial charge in [0, 0.05) is 57.5 Å². The van der Waals surface area contributed by atoms with Crippen LogP contribution in [0.5, 0.6) is 0 Å². The molecule has 6 rings (SSSR count). The minimum Gasteiger partial charge on any atom is -0.380 e. The van der Waals surface area contributed by atoms with Crippen LogP contribution in [-0.2, 0) is 31.0 Å². The summed E-state index contributed by atoms with van der Waals surface area (Å²) in [4.78, 5) is 2.60. The molecule has 196 valence electrons. The predicted molar refractivity (Wildman–Crippen MR) is 156 cm³/mol. The van der Waals surface area contributed by atoms with Crippen LogP contribution in [0, 0.1) is 0 Å². The highest BCUT2D eigenvalue weighted by molar-refractivity contribution is 7.10. The van der Waals surface area contributed by atoms with Crippen LogP contribution in [0.2, 0.25) is 0 Å². The second-order valence-corrected chi connectivity index (χ2v) is 10.9. The van der Waals surface area contributed by atoms with E-state index < -0.39 is 0 Å². The van der Waals surface area contributed by atoms with Gasteiger partial charge in [-0.1, -0.05) is 46.7 Å². The van der Waals surface area contributed by atoms with Crippen LogP contribution in [0.3, 0.4) is 0 Å². The monoisotopic (exact) mass is 554 g/mol. The van der Waals surface area contributed by atoms with Crippen molar-refractivity contribution in [3.05, 3.63) is 117 Å². The molecule has 0 bridgehead atoms. The Morgan fingerprint density at radius 3 is 1.49 bits per heavy atom. The lowest BCUT2D eigenvalue weighted by Crippen LogP contribution is -1.96. The molecular weight excluding hydrogens is 528 g/mol. The van der Waals surface area contributed by atoms with Gasteiger partial charge in [-0.25, -0.2) is 0 Å². The van der Waals surface area contributed by atoms with Gasteiger partial charge in [-0.2, -0.15) is 0 Å². The van der Waals surface area contributed by atoms with Crippen molar-refractivity contribution in [2.45, 2.75) is 26.3 Å². The number of thiophene rings is 2. The maximum atomic E-state index is 5.79. The van der Waals surface area contributed by atoms with E-state index in [-0.39, 0.29) is 13.2 Å². The van der Waals surface area contributed by atoms with E-state index in [1.807, 2.05) is 60.7 Å². The van der Waals surface area contributed by atoms with Crippen LogP contribution in [0.15, 0.2) is 105 Å². The summed E-state index contributed by atoms with van der Waals surface area (Å²) in [6.07, 6.45) is 0. The molecule has 0 aliphatic rings. The number of aromatic nitrogens is 2.